The van der Waals surface area contributed by atoms with Gasteiger partial charge in [0.1, 0.15) is 11.6 Å². The molecule has 6 nitrogen and oxygen atoms in total. The van der Waals surface area contributed by atoms with E-state index < -0.39 is 12.1 Å². The van der Waals surface area contributed by atoms with E-state index in [1.807, 2.05) is 4.90 Å². The molecule has 1 amide bonds. The number of pyridine rings is 2. The SMILES string of the molecule is CC(c1c(-c2cc(Cl)cc(N3CCNCC3)n2)ccnc1NC(=O)C1CCC1)C(F)(F)F. The quantitative estimate of drug-likeness (QED) is 0.672. The first-order chi connectivity index (χ1) is 15.2. The first-order valence-electron chi connectivity index (χ1n) is 10.7. The minimum absolute atomic E-state index is 0.0743. The molecule has 4 rings (SSSR count). The van der Waals surface area contributed by atoms with Gasteiger partial charge in [0.25, 0.3) is 0 Å². The summed E-state index contributed by atoms with van der Waals surface area (Å²) in [6.07, 6.45) is -0.711. The number of rotatable bonds is 5. The highest BCUT2D eigenvalue weighted by Crippen LogP contribution is 2.43. The highest BCUT2D eigenvalue weighted by Gasteiger charge is 2.41. The number of amides is 1. The smallest absolute Gasteiger partial charge is 0.354 e. The topological polar surface area (TPSA) is 70.2 Å². The number of nitrogens with zero attached hydrogens (tertiary/aromatic N) is 3. The number of hydrogen-bond donors (Lipinski definition) is 2. The van der Waals surface area contributed by atoms with Crippen LogP contribution in [-0.4, -0.2) is 48.2 Å². The maximum atomic E-state index is 13.8. The van der Waals surface area contributed by atoms with Crippen molar-refractivity contribution >= 4 is 29.1 Å². The Kier molecular flexibility index (Phi) is 6.57. The zero-order valence-electron chi connectivity index (χ0n) is 17.7. The highest BCUT2D eigenvalue weighted by atomic mass is 35.5. The Labute approximate surface area is 189 Å². The molecule has 1 unspecified atom stereocenters. The Hall–Kier alpha value is -2.39. The summed E-state index contributed by atoms with van der Waals surface area (Å²) in [7, 11) is 0. The number of alkyl halides is 3. The van der Waals surface area contributed by atoms with Crippen LogP contribution < -0.4 is 15.5 Å². The molecule has 1 aliphatic heterocycles. The van der Waals surface area contributed by atoms with Crippen molar-refractivity contribution < 1.29 is 18.0 Å². The summed E-state index contributed by atoms with van der Waals surface area (Å²) >= 11 is 6.34. The molecule has 0 spiro atoms. The zero-order valence-corrected chi connectivity index (χ0v) is 18.4. The molecule has 3 heterocycles. The Morgan fingerprint density at radius 3 is 2.62 bits per heavy atom. The van der Waals surface area contributed by atoms with Crippen LogP contribution in [0.4, 0.5) is 24.8 Å². The number of nitrogens with one attached hydrogen (secondary N) is 2. The molecule has 2 fully saturated rings. The summed E-state index contributed by atoms with van der Waals surface area (Å²) in [5.74, 6) is -1.80. The minimum Gasteiger partial charge on any atom is -0.354 e. The summed E-state index contributed by atoms with van der Waals surface area (Å²) in [6.45, 7) is 4.08. The summed E-state index contributed by atoms with van der Waals surface area (Å²) in [5, 5.41) is 6.27. The fourth-order valence-corrected chi connectivity index (χ4v) is 4.17. The Morgan fingerprint density at radius 1 is 1.28 bits per heavy atom. The highest BCUT2D eigenvalue weighted by molar-refractivity contribution is 6.31. The van der Waals surface area contributed by atoms with E-state index in [1.54, 1.807) is 12.1 Å². The van der Waals surface area contributed by atoms with E-state index in [2.05, 4.69) is 20.6 Å². The third-order valence-corrected chi connectivity index (χ3v) is 6.34. The summed E-state index contributed by atoms with van der Waals surface area (Å²) in [6, 6.07) is 4.76. The fourth-order valence-electron chi connectivity index (χ4n) is 3.96. The van der Waals surface area contributed by atoms with Gasteiger partial charge in [-0.25, -0.2) is 9.97 Å². The van der Waals surface area contributed by atoms with E-state index in [4.69, 9.17) is 11.6 Å². The Morgan fingerprint density at radius 2 is 2.00 bits per heavy atom. The van der Waals surface area contributed by atoms with Crippen molar-refractivity contribution in [1.29, 1.82) is 0 Å². The monoisotopic (exact) mass is 467 g/mol. The molecule has 1 saturated heterocycles. The van der Waals surface area contributed by atoms with Gasteiger partial charge in [-0.3, -0.25) is 4.79 Å². The van der Waals surface area contributed by atoms with E-state index in [1.165, 1.54) is 12.3 Å². The molecule has 1 saturated carbocycles. The van der Waals surface area contributed by atoms with Crippen LogP contribution in [0, 0.1) is 5.92 Å². The van der Waals surface area contributed by atoms with Gasteiger partial charge in [0.2, 0.25) is 5.91 Å². The Bertz CT molecular complexity index is 990. The second-order valence-corrected chi connectivity index (χ2v) is 8.70. The molecule has 32 heavy (non-hydrogen) atoms. The van der Waals surface area contributed by atoms with Crippen molar-refractivity contribution in [2.75, 3.05) is 36.4 Å². The van der Waals surface area contributed by atoms with Crippen molar-refractivity contribution in [3.63, 3.8) is 0 Å². The largest absolute Gasteiger partial charge is 0.395 e. The number of halogens is 4. The second-order valence-electron chi connectivity index (χ2n) is 8.27. The van der Waals surface area contributed by atoms with E-state index in [-0.39, 0.29) is 28.8 Å². The van der Waals surface area contributed by atoms with Crippen LogP contribution in [0.5, 0.6) is 0 Å². The average Bonchev–Trinajstić information content (AvgIpc) is 2.71. The average molecular weight is 468 g/mol. The molecule has 2 aliphatic rings. The number of anilines is 2. The maximum absolute atomic E-state index is 13.8. The van der Waals surface area contributed by atoms with Gasteiger partial charge in [-0.2, -0.15) is 13.2 Å². The van der Waals surface area contributed by atoms with Gasteiger partial charge in [0.05, 0.1) is 11.6 Å². The molecule has 2 aromatic rings. The minimum atomic E-state index is -4.52. The lowest BCUT2D eigenvalue weighted by Gasteiger charge is -2.29. The number of carbonyl (C=O) groups is 1. The third kappa shape index (κ3) is 4.83. The van der Waals surface area contributed by atoms with Crippen LogP contribution in [0.1, 0.15) is 37.7 Å². The lowest BCUT2D eigenvalue weighted by Crippen LogP contribution is -2.43. The lowest BCUT2D eigenvalue weighted by atomic mass is 9.84. The molecule has 10 heteroatoms. The van der Waals surface area contributed by atoms with Gasteiger partial charge in [0, 0.05) is 54.4 Å². The van der Waals surface area contributed by atoms with Gasteiger partial charge in [0.15, 0.2) is 0 Å². The van der Waals surface area contributed by atoms with Crippen LogP contribution in [0.25, 0.3) is 11.3 Å². The second kappa shape index (κ2) is 9.23. The molecule has 0 bridgehead atoms. The zero-order chi connectivity index (χ0) is 22.9. The van der Waals surface area contributed by atoms with Crippen LogP contribution in [0.3, 0.4) is 0 Å². The predicted molar refractivity (Wildman–Crippen MR) is 118 cm³/mol. The van der Waals surface area contributed by atoms with Gasteiger partial charge >= 0.3 is 6.18 Å². The van der Waals surface area contributed by atoms with Crippen LogP contribution >= 0.6 is 11.6 Å². The first-order valence-corrected chi connectivity index (χ1v) is 11.1. The molecule has 172 valence electrons. The first kappa shape index (κ1) is 22.8. The van der Waals surface area contributed by atoms with Crippen LogP contribution in [0.15, 0.2) is 24.4 Å². The lowest BCUT2D eigenvalue weighted by molar-refractivity contribution is -0.146. The fraction of sp³-hybridized carbons (Fsp3) is 0.500. The molecule has 1 aliphatic carbocycles. The number of hydrogen-bond acceptors (Lipinski definition) is 5. The summed E-state index contributed by atoms with van der Waals surface area (Å²) in [4.78, 5) is 23.3. The van der Waals surface area contributed by atoms with E-state index in [0.717, 1.165) is 52.4 Å². The van der Waals surface area contributed by atoms with Crippen molar-refractivity contribution in [1.82, 2.24) is 15.3 Å². The van der Waals surface area contributed by atoms with Gasteiger partial charge in [-0.1, -0.05) is 18.0 Å². The van der Waals surface area contributed by atoms with Crippen molar-refractivity contribution in [3.05, 3.63) is 35.0 Å². The molecule has 2 N–H and O–H groups in total. The van der Waals surface area contributed by atoms with Gasteiger partial charge < -0.3 is 15.5 Å². The molecular formula is C22H25ClF3N5O. The van der Waals surface area contributed by atoms with Crippen molar-refractivity contribution in [2.24, 2.45) is 5.92 Å². The molecule has 0 aromatic carbocycles. The van der Waals surface area contributed by atoms with Crippen LogP contribution in [-0.2, 0) is 4.79 Å². The summed E-state index contributed by atoms with van der Waals surface area (Å²) in [5.41, 5.74) is 0.472. The van der Waals surface area contributed by atoms with Crippen molar-refractivity contribution in [2.45, 2.75) is 38.3 Å². The van der Waals surface area contributed by atoms with E-state index >= 15 is 0 Å². The summed E-state index contributed by atoms with van der Waals surface area (Å²) < 4.78 is 41.5. The molecular weight excluding hydrogens is 443 g/mol. The normalized spacial score (nSPS) is 18.2. The van der Waals surface area contributed by atoms with E-state index in [0.29, 0.717) is 16.5 Å². The molecule has 0 radical (unpaired) electrons. The molecule has 2 aromatic heterocycles. The molecule has 1 atom stereocenters. The third-order valence-electron chi connectivity index (χ3n) is 6.13. The predicted octanol–water partition coefficient (Wildman–Crippen LogP) is 4.61. The van der Waals surface area contributed by atoms with Gasteiger partial charge in [-0.05, 0) is 38.0 Å². The van der Waals surface area contributed by atoms with Crippen molar-refractivity contribution in [3.8, 4) is 11.3 Å². The Balaban J connectivity index is 1.78. The number of carbonyl (C=O) groups excluding carboxylic acids is 1. The van der Waals surface area contributed by atoms with Gasteiger partial charge in [-0.15, -0.1) is 0 Å². The maximum Gasteiger partial charge on any atom is 0.395 e. The standard InChI is InChI=1S/C22H25ClF3N5O/c1-13(22(24,25)26)19-16(5-6-28-20(19)30-21(32)14-3-2-4-14)17-11-15(23)12-18(29-17)31-9-7-27-8-10-31/h5-6,11-14,27H,2-4,7-10H2,1H3,(H,28,30,32). The van der Waals surface area contributed by atoms with E-state index in [9.17, 15) is 18.0 Å². The number of aromatic nitrogens is 2. The van der Waals surface area contributed by atoms with Crippen LogP contribution in [0.2, 0.25) is 5.02 Å². The number of piperazine rings is 1.